The molecule has 0 bridgehead atoms. The lowest BCUT2D eigenvalue weighted by Gasteiger charge is -2.52. The van der Waals surface area contributed by atoms with Crippen molar-refractivity contribution in [1.29, 1.82) is 0 Å². The van der Waals surface area contributed by atoms with Gasteiger partial charge in [0, 0.05) is 63.6 Å². The Labute approximate surface area is 400 Å². The molecule has 374 valence electrons. The Balaban J connectivity index is 1.50. The Morgan fingerprint density at radius 2 is 1.59 bits per heavy atom. The number of cyclic esters (lactones) is 1. The summed E-state index contributed by atoms with van der Waals surface area (Å²) in [4.78, 5) is 30.9. The lowest BCUT2D eigenvalue weighted by molar-refractivity contribution is -0.305. The smallest absolute Gasteiger partial charge is 0.309 e. The molecule has 0 aliphatic carbocycles. The maximum absolute atomic E-state index is 14.6. The second-order valence-electron chi connectivity index (χ2n) is 20.1. The van der Waals surface area contributed by atoms with Crippen molar-refractivity contribution < 1.29 is 58.4 Å². The van der Waals surface area contributed by atoms with Crippen LogP contribution >= 0.6 is 23.2 Å². The normalized spacial score (nSPS) is 41.1. The van der Waals surface area contributed by atoms with Crippen LogP contribution in [0, 0.1) is 29.6 Å². The number of benzene rings is 1. The van der Waals surface area contributed by atoms with Gasteiger partial charge in [0.1, 0.15) is 29.7 Å². The quantitative estimate of drug-likeness (QED) is 0.200. The third-order valence-corrected chi connectivity index (χ3v) is 15.9. The summed E-state index contributed by atoms with van der Waals surface area (Å²) in [5.41, 5.74) is -2.62. The van der Waals surface area contributed by atoms with Crippen molar-refractivity contribution in [2.75, 3.05) is 27.8 Å². The number of methoxy groups -OCH3 is 2. The second-order valence-corrected chi connectivity index (χ2v) is 21.0. The van der Waals surface area contributed by atoms with Crippen LogP contribution < -0.4 is 0 Å². The van der Waals surface area contributed by atoms with Gasteiger partial charge in [-0.3, -0.25) is 9.59 Å². The highest BCUT2D eigenvalue weighted by molar-refractivity contribution is 6.42. The van der Waals surface area contributed by atoms with Crippen LogP contribution in [-0.4, -0.2) is 158 Å². The van der Waals surface area contributed by atoms with Gasteiger partial charge in [-0.2, -0.15) is 0 Å². The van der Waals surface area contributed by atoms with Gasteiger partial charge in [-0.1, -0.05) is 69.1 Å². The number of carbonyl (C=O) groups is 2. The number of esters is 1. The molecule has 18 heteroatoms. The van der Waals surface area contributed by atoms with Gasteiger partial charge >= 0.3 is 5.97 Å². The zero-order chi connectivity index (χ0) is 49.2. The van der Waals surface area contributed by atoms with E-state index in [-0.39, 0.29) is 31.1 Å². The largest absolute Gasteiger partial charge is 0.459 e. The van der Waals surface area contributed by atoms with Crippen LogP contribution in [0.2, 0.25) is 10.0 Å². The fraction of sp³-hybridized carbons (Fsp3) is 0.792. The topological polar surface area (TPSA) is 204 Å². The van der Waals surface area contributed by atoms with E-state index in [0.29, 0.717) is 36.0 Å². The highest BCUT2D eigenvalue weighted by atomic mass is 35.5. The van der Waals surface area contributed by atoms with Crippen LogP contribution in [0.4, 0.5) is 0 Å². The molecular weight excluding hydrogens is 895 g/mol. The van der Waals surface area contributed by atoms with E-state index in [2.05, 4.69) is 15.2 Å². The molecule has 3 aliphatic heterocycles. The van der Waals surface area contributed by atoms with Gasteiger partial charge in [-0.25, -0.2) is 4.68 Å². The van der Waals surface area contributed by atoms with Crippen LogP contribution in [0.3, 0.4) is 0 Å². The Hall–Kier alpha value is -2.32. The summed E-state index contributed by atoms with van der Waals surface area (Å²) in [5.74, 6) is -5.03. The van der Waals surface area contributed by atoms with Gasteiger partial charge in [0.25, 0.3) is 0 Å². The number of hydrogen-bond acceptors (Lipinski definition) is 15. The molecule has 0 radical (unpaired) electrons. The standard InChI is InChI=1S/C48H76Cl2N4O12/c1-14-37-48(10,60)41(57)29(6)39(55)25(2)21-47(9,62-13)43(27(4)38(28(5)44(59)65-37)36-22-46(8,61-12)42(58)30(7)64-36)66-45-40(56)35(19-26(3)63-45)53(11)18-17-32-24-54(52-51-32)23-31-15-16-33(49)34(50)20-31/h15-16,20,24-30,35-38,40-43,45,56-58,60H,14,17-19,21-23H2,1-13H3/t25-,26-,27+,28-,29+,30+,35+,36-,37-,38?,40-,41-,42+,43-,45+,46-,47-,48-/m1/s1. The number of rotatable bonds is 12. The zero-order valence-electron chi connectivity index (χ0n) is 41.0. The van der Waals surface area contributed by atoms with Gasteiger partial charge < -0.3 is 53.7 Å². The van der Waals surface area contributed by atoms with E-state index in [4.69, 9.17) is 51.6 Å². The van der Waals surface area contributed by atoms with Crippen molar-refractivity contribution in [3.05, 3.63) is 45.7 Å². The first-order valence-corrected chi connectivity index (χ1v) is 24.2. The van der Waals surface area contributed by atoms with Crippen molar-refractivity contribution >= 4 is 35.0 Å². The molecule has 5 rings (SSSR count). The highest BCUT2D eigenvalue weighted by Gasteiger charge is 2.56. The van der Waals surface area contributed by atoms with Crippen molar-refractivity contribution in [1.82, 2.24) is 19.9 Å². The maximum Gasteiger partial charge on any atom is 0.309 e. The van der Waals surface area contributed by atoms with Gasteiger partial charge in [0.2, 0.25) is 0 Å². The number of hydrogen-bond donors (Lipinski definition) is 4. The molecule has 66 heavy (non-hydrogen) atoms. The predicted octanol–water partition coefficient (Wildman–Crippen LogP) is 5.27. The molecule has 16 nitrogen and oxygen atoms in total. The van der Waals surface area contributed by atoms with Crippen molar-refractivity contribution in [3.8, 4) is 0 Å². The maximum atomic E-state index is 14.6. The summed E-state index contributed by atoms with van der Waals surface area (Å²) in [6.07, 6.45) is -5.42. The van der Waals surface area contributed by atoms with E-state index in [1.54, 1.807) is 58.4 Å². The number of aliphatic hydroxyl groups is 4. The van der Waals surface area contributed by atoms with E-state index < -0.39 is 107 Å². The molecule has 1 aromatic carbocycles. The third kappa shape index (κ3) is 11.8. The van der Waals surface area contributed by atoms with Crippen LogP contribution in [0.5, 0.6) is 0 Å². The fourth-order valence-electron chi connectivity index (χ4n) is 10.9. The minimum atomic E-state index is -1.98. The zero-order valence-corrected chi connectivity index (χ0v) is 42.5. The molecule has 3 fully saturated rings. The van der Waals surface area contributed by atoms with E-state index in [1.165, 1.54) is 21.1 Å². The molecule has 3 saturated heterocycles. The molecular formula is C48H76Cl2N4O12. The Bertz CT molecular complexity index is 1940. The molecule has 18 atom stereocenters. The molecule has 1 aromatic heterocycles. The van der Waals surface area contributed by atoms with Crippen LogP contribution in [0.1, 0.15) is 106 Å². The lowest BCUT2D eigenvalue weighted by atomic mass is 9.67. The van der Waals surface area contributed by atoms with Crippen LogP contribution in [0.25, 0.3) is 0 Å². The number of likely N-dealkylation sites (N-methyl/N-ethyl adjacent to an activating group) is 1. The summed E-state index contributed by atoms with van der Waals surface area (Å²) < 4.78 is 40.3. The number of halogens is 2. The molecule has 0 saturated carbocycles. The summed E-state index contributed by atoms with van der Waals surface area (Å²) in [6, 6.07) is 5.02. The summed E-state index contributed by atoms with van der Waals surface area (Å²) in [7, 11) is 4.99. The SMILES string of the molecule is CC[C@H]1OC(=O)[C@H](C)C([C@H]2C[C@@](C)(OC)[C@@H](O)[C@H](C)O2)[C@H](C)[C@@H](O[C@@H]2O[C@H](C)C[C@H](N(C)CCc3cn(Cc4ccc(Cl)c(Cl)c4)nn3)[C@H]2O)[C@](C)(OC)C[C@@H](C)C(=O)[C@H](C)[C@@H](O)[C@]1(C)O. The number of ketones is 1. The van der Waals surface area contributed by atoms with E-state index in [9.17, 15) is 30.0 Å². The highest BCUT2D eigenvalue weighted by Crippen LogP contribution is 2.46. The average molecular weight is 972 g/mol. The minimum absolute atomic E-state index is 0.100. The summed E-state index contributed by atoms with van der Waals surface area (Å²) >= 11 is 12.3. The third-order valence-electron chi connectivity index (χ3n) is 15.2. The molecule has 4 N–H and O–H groups in total. The first-order valence-electron chi connectivity index (χ1n) is 23.4. The number of Topliss-reactive ketones (excluding diaryl/α,β-unsaturated/α-hetero) is 1. The minimum Gasteiger partial charge on any atom is -0.459 e. The average Bonchev–Trinajstić information content (AvgIpc) is 3.73. The molecule has 1 unspecified atom stereocenters. The number of aromatic nitrogens is 3. The predicted molar refractivity (Wildman–Crippen MR) is 248 cm³/mol. The Morgan fingerprint density at radius 1 is 0.924 bits per heavy atom. The van der Waals surface area contributed by atoms with Crippen molar-refractivity contribution in [2.45, 2.75) is 186 Å². The molecule has 3 aliphatic rings. The summed E-state index contributed by atoms with van der Waals surface area (Å²) in [6.45, 7) is 18.4. The number of ether oxygens (including phenoxy) is 6. The molecule has 4 heterocycles. The van der Waals surface area contributed by atoms with E-state index >= 15 is 0 Å². The van der Waals surface area contributed by atoms with Gasteiger partial charge in [0.15, 0.2) is 6.29 Å². The Kier molecular flexibility index (Phi) is 18.4. The first-order chi connectivity index (χ1) is 30.8. The lowest BCUT2D eigenvalue weighted by Crippen LogP contribution is -2.62. The second kappa shape index (κ2) is 22.2. The molecule has 2 aromatic rings. The van der Waals surface area contributed by atoms with Crippen LogP contribution in [0.15, 0.2) is 24.4 Å². The number of nitrogens with zero attached hydrogens (tertiary/aromatic N) is 4. The number of carbonyl (C=O) groups excluding carboxylic acids is 2. The Morgan fingerprint density at radius 3 is 2.21 bits per heavy atom. The van der Waals surface area contributed by atoms with Crippen molar-refractivity contribution in [2.24, 2.45) is 29.6 Å². The molecule has 0 spiro atoms. The monoisotopic (exact) mass is 970 g/mol. The molecule has 0 amide bonds. The van der Waals surface area contributed by atoms with Crippen molar-refractivity contribution in [3.63, 3.8) is 0 Å². The summed E-state index contributed by atoms with van der Waals surface area (Å²) in [5, 5.41) is 56.6. The van der Waals surface area contributed by atoms with Gasteiger partial charge in [0.05, 0.1) is 69.9 Å². The van der Waals surface area contributed by atoms with Gasteiger partial charge in [-0.05, 0) is 84.5 Å². The van der Waals surface area contributed by atoms with E-state index in [1.807, 2.05) is 40.1 Å². The number of aliphatic hydroxyl groups excluding tert-OH is 3. The van der Waals surface area contributed by atoms with Crippen LogP contribution in [-0.2, 0) is 51.0 Å². The van der Waals surface area contributed by atoms with Gasteiger partial charge in [-0.15, -0.1) is 5.10 Å². The fourth-order valence-corrected chi connectivity index (χ4v) is 11.2. The van der Waals surface area contributed by atoms with E-state index in [0.717, 1.165) is 11.3 Å². The first kappa shape index (κ1) is 54.6.